The second-order valence-electron chi connectivity index (χ2n) is 27.5. The maximum atomic E-state index is 14.6. The van der Waals surface area contributed by atoms with Gasteiger partial charge in [-0.05, 0) is 71.4 Å². The Hall–Kier alpha value is -3.88. The molecule has 560 valence electrons. The molecule has 6 aliphatic heterocycles. The van der Waals surface area contributed by atoms with Gasteiger partial charge in [-0.1, -0.05) is 167 Å². The van der Waals surface area contributed by atoms with Crippen molar-refractivity contribution in [2.24, 2.45) is 5.92 Å². The molecule has 1 aromatic rings. The Kier molecular flexibility index (Phi) is 34.4. The predicted molar refractivity (Wildman–Crippen MR) is 351 cm³/mol. The first kappa shape index (κ1) is 81.4. The lowest BCUT2D eigenvalue weighted by Gasteiger charge is -2.51. The molecule has 6 fully saturated rings. The summed E-state index contributed by atoms with van der Waals surface area (Å²) in [6.45, 7) is 12.9. The smallest absolute Gasteiger partial charge is 0.331 e. The molecule has 1 aromatic carbocycles. The average Bonchev–Trinajstić information content (AvgIpc) is 0.765. The fourth-order valence-corrected chi connectivity index (χ4v) is 13.4. The first-order chi connectivity index (χ1) is 47.1. The van der Waals surface area contributed by atoms with E-state index in [1.54, 1.807) is 51.1 Å². The van der Waals surface area contributed by atoms with Crippen LogP contribution < -0.4 is 0 Å². The topological polar surface area (TPSA) is 359 Å². The third-order valence-corrected chi connectivity index (χ3v) is 19.6. The van der Waals surface area contributed by atoms with Crippen molar-refractivity contribution in [1.29, 1.82) is 0 Å². The molecule has 0 bridgehead atoms. The molecular weight excluding hydrogens is 1280 g/mol. The molecule has 6 saturated heterocycles. The van der Waals surface area contributed by atoms with E-state index in [4.69, 9.17) is 66.3 Å². The first-order valence-electron chi connectivity index (χ1n) is 36.5. The van der Waals surface area contributed by atoms with E-state index < -0.39 is 190 Å². The van der Waals surface area contributed by atoms with Crippen molar-refractivity contribution in [2.75, 3.05) is 6.61 Å². The fraction of sp³-hybridized carbons (Fsp3) is 0.833. The van der Waals surface area contributed by atoms with E-state index in [-0.39, 0.29) is 18.9 Å². The molecule has 0 saturated carbocycles. The lowest BCUT2D eigenvalue weighted by atomic mass is 9.95. The van der Waals surface area contributed by atoms with E-state index in [1.165, 1.54) is 26.8 Å². The molecule has 27 atom stereocenters. The fourth-order valence-electron chi connectivity index (χ4n) is 13.4. The highest BCUT2D eigenvalue weighted by molar-refractivity contribution is 5.87. The summed E-state index contributed by atoms with van der Waals surface area (Å²) in [5, 5.41) is 92.6. The van der Waals surface area contributed by atoms with Crippen molar-refractivity contribution in [3.8, 4) is 0 Å². The molecule has 0 aliphatic carbocycles. The lowest BCUT2D eigenvalue weighted by Crippen LogP contribution is -2.68. The number of fused-ring (bicyclic) bond motifs is 2. The summed E-state index contributed by atoms with van der Waals surface area (Å²) in [6, 6.07) is 8.85. The van der Waals surface area contributed by atoms with Crippen molar-refractivity contribution in [2.45, 2.75) is 369 Å². The van der Waals surface area contributed by atoms with Crippen LogP contribution in [0.3, 0.4) is 0 Å². The molecule has 26 heteroatoms. The summed E-state index contributed by atoms with van der Waals surface area (Å²) in [6.07, 6.45) is -19.7. The summed E-state index contributed by atoms with van der Waals surface area (Å²) >= 11 is 0. The maximum Gasteiger partial charge on any atom is 0.331 e. The Bertz CT molecular complexity index is 2510. The number of rotatable bonds is 28. The zero-order valence-corrected chi connectivity index (χ0v) is 58.7. The van der Waals surface area contributed by atoms with Crippen LogP contribution in [0.4, 0.5) is 0 Å². The second kappa shape index (κ2) is 41.4. The molecule has 6 heterocycles. The van der Waals surface area contributed by atoms with Gasteiger partial charge < -0.3 is 107 Å². The Balaban J connectivity index is 1.25. The highest BCUT2D eigenvalue weighted by Gasteiger charge is 2.59. The van der Waals surface area contributed by atoms with Gasteiger partial charge in [0.1, 0.15) is 73.2 Å². The van der Waals surface area contributed by atoms with Gasteiger partial charge >= 0.3 is 23.9 Å². The van der Waals surface area contributed by atoms with Crippen LogP contribution in [0.25, 0.3) is 6.08 Å². The number of hydrogen-bond acceptors (Lipinski definition) is 26. The van der Waals surface area contributed by atoms with Gasteiger partial charge in [-0.3, -0.25) is 14.4 Å². The molecule has 0 aromatic heterocycles. The number of unbranched alkanes of at least 4 members (excludes halogenated alkanes) is 10. The quantitative estimate of drug-likeness (QED) is 0.0190. The summed E-state index contributed by atoms with van der Waals surface area (Å²) in [5.41, 5.74) is 0.653. The minimum Gasteiger partial charge on any atom is -0.455 e. The normalized spacial score (nSPS) is 38.3. The van der Waals surface area contributed by atoms with Crippen LogP contribution in [0.15, 0.2) is 36.4 Å². The maximum absolute atomic E-state index is 14.6. The van der Waals surface area contributed by atoms with E-state index in [9.17, 15) is 60.0 Å². The van der Waals surface area contributed by atoms with E-state index in [1.807, 2.05) is 0 Å². The van der Waals surface area contributed by atoms with Gasteiger partial charge in [0.05, 0.1) is 43.0 Å². The largest absolute Gasteiger partial charge is 0.455 e. The highest BCUT2D eigenvalue weighted by Crippen LogP contribution is 2.40. The standard InChI is InChI=1S/C72H116O26/c1-9-12-14-15-16-17-20-23-31-37-50(75)93-66-65(98-68-56(81)54(79)53(78)48(40-73)90-68)61(96-69-58(83)62(60(44(7)86-69)94-67(84)41(4)11-3)91-51(76)39-38-46-32-27-25-28-33-46)45(8)88-72(66)95-59-43(6)87-71-64(57(59)82)92-49(74)36-30-24-21-18-19-22-29-35-47(34-26-13-10-2)89-70-63(97-71)55(80)52(77)42(5)85-70/h25,27-28,32-33,38-39,41-45,47-48,52-66,68-73,77-83H,9-24,26,29-31,34-37,40H2,1-8H3/b39-38+/t41-,42+,43-,44-,45-,47-,48+,52-,53+,54-,55-,56+,57+,58+,59-,60-,61-,62-,63+,64+,65+,66+,68-,69-,70-,71-,72-/m0/s1. The predicted octanol–water partition coefficient (Wildman–Crippen LogP) is 6.57. The van der Waals surface area contributed by atoms with E-state index >= 15 is 0 Å². The van der Waals surface area contributed by atoms with Crippen molar-refractivity contribution in [3.63, 3.8) is 0 Å². The molecule has 0 spiro atoms. The van der Waals surface area contributed by atoms with E-state index in [2.05, 4.69) is 13.8 Å². The summed E-state index contributed by atoms with van der Waals surface area (Å²) in [7, 11) is 0. The van der Waals surface area contributed by atoms with Crippen LogP contribution in [0, 0.1) is 5.92 Å². The SMILES string of the molecule is CCCCCCCCCCCC(=O)O[C@H]1[C@H](O[C@@H]2[C@@H](O)[C@H]3OC(=O)CCCCCCCCC[C@H](CCCCC)O[C@@H]4O[C@H](C)[C@H](O)[C@H](O)[C@H]4O[C@@H]3O[C@H]2C)O[C@@H](C)[C@H](O[C@@H]2O[C@@H](C)[C@H](OC(=O)[C@@H](C)CC)[C@@H](OC(=O)/C=C/c3ccccc3)[C@H]2O)[C@H]1O[C@@H]1O[C@H](CO)[C@@H](O)[C@H](O)[C@H]1O. The van der Waals surface area contributed by atoms with Crippen molar-refractivity contribution in [1.82, 2.24) is 0 Å². The van der Waals surface area contributed by atoms with Crippen LogP contribution in [0.1, 0.15) is 215 Å². The number of carbonyl (C=O) groups is 4. The average molecular weight is 1400 g/mol. The molecule has 8 N–H and O–H groups in total. The van der Waals surface area contributed by atoms with E-state index in [0.29, 0.717) is 44.1 Å². The molecule has 98 heavy (non-hydrogen) atoms. The second-order valence-corrected chi connectivity index (χ2v) is 27.5. The Labute approximate surface area is 577 Å². The minimum atomic E-state index is -2.05. The number of aliphatic hydroxyl groups excluding tert-OH is 8. The Morgan fingerprint density at radius 3 is 1.79 bits per heavy atom. The van der Waals surface area contributed by atoms with Gasteiger partial charge in [0.25, 0.3) is 0 Å². The summed E-state index contributed by atoms with van der Waals surface area (Å²) in [4.78, 5) is 55.8. The molecule has 0 unspecified atom stereocenters. The number of benzene rings is 1. The van der Waals surface area contributed by atoms with Gasteiger partial charge in [0.15, 0.2) is 55.9 Å². The van der Waals surface area contributed by atoms with Gasteiger partial charge in [-0.2, -0.15) is 0 Å². The van der Waals surface area contributed by atoms with Crippen molar-refractivity contribution < 1.29 is 126 Å². The lowest BCUT2D eigenvalue weighted by molar-refractivity contribution is -0.400. The van der Waals surface area contributed by atoms with Crippen LogP contribution in [-0.2, 0) is 85.5 Å². The van der Waals surface area contributed by atoms with Crippen LogP contribution in [0.2, 0.25) is 0 Å². The van der Waals surface area contributed by atoms with E-state index in [0.717, 1.165) is 109 Å². The van der Waals surface area contributed by atoms with Crippen molar-refractivity contribution >= 4 is 30.0 Å². The zero-order valence-electron chi connectivity index (χ0n) is 58.7. The number of esters is 4. The molecule has 6 aliphatic rings. The minimum absolute atomic E-state index is 0.0529. The monoisotopic (exact) mass is 1400 g/mol. The molecule has 26 nitrogen and oxygen atoms in total. The number of ether oxygens (including phenoxy) is 14. The molecule has 7 rings (SSSR count). The third kappa shape index (κ3) is 23.3. The number of aliphatic hydroxyl groups is 8. The molecule has 0 amide bonds. The van der Waals surface area contributed by atoms with Gasteiger partial charge in [-0.15, -0.1) is 0 Å². The van der Waals surface area contributed by atoms with Gasteiger partial charge in [0, 0.05) is 18.9 Å². The molecule has 0 radical (unpaired) electrons. The first-order valence-corrected chi connectivity index (χ1v) is 36.5. The highest BCUT2D eigenvalue weighted by atomic mass is 16.8. The van der Waals surface area contributed by atoms with Crippen LogP contribution >= 0.6 is 0 Å². The van der Waals surface area contributed by atoms with Crippen LogP contribution in [0.5, 0.6) is 0 Å². The molecular formula is C72H116O26. The Morgan fingerprint density at radius 2 is 1.10 bits per heavy atom. The van der Waals surface area contributed by atoms with Crippen LogP contribution in [-0.4, -0.2) is 231 Å². The Morgan fingerprint density at radius 1 is 0.520 bits per heavy atom. The number of hydrogen-bond donors (Lipinski definition) is 8. The van der Waals surface area contributed by atoms with Gasteiger partial charge in [-0.25, -0.2) is 4.79 Å². The number of carbonyl (C=O) groups excluding carboxylic acids is 4. The van der Waals surface area contributed by atoms with Gasteiger partial charge in [0.2, 0.25) is 0 Å². The summed E-state index contributed by atoms with van der Waals surface area (Å²) in [5.74, 6) is -3.73. The zero-order chi connectivity index (χ0) is 71.0. The summed E-state index contributed by atoms with van der Waals surface area (Å²) < 4.78 is 89.4. The third-order valence-electron chi connectivity index (χ3n) is 19.6. The van der Waals surface area contributed by atoms with Crippen molar-refractivity contribution in [3.05, 3.63) is 42.0 Å².